The molecule has 0 radical (unpaired) electrons. The van der Waals surface area contributed by atoms with Crippen LogP contribution in [0.5, 0.6) is 0 Å². The van der Waals surface area contributed by atoms with Crippen molar-refractivity contribution in [2.45, 2.75) is 24.4 Å². The Kier molecular flexibility index (Phi) is 5.17. The van der Waals surface area contributed by atoms with Gasteiger partial charge in [-0.3, -0.25) is 14.4 Å². The molecule has 3 aliphatic heterocycles. The van der Waals surface area contributed by atoms with Crippen LogP contribution in [0.25, 0.3) is 6.08 Å². The third-order valence-electron chi connectivity index (χ3n) is 8.52. The summed E-state index contributed by atoms with van der Waals surface area (Å²) in [6.07, 6.45) is 3.88. The second-order valence-electron chi connectivity index (χ2n) is 10.5. The first-order valence-electron chi connectivity index (χ1n) is 13.2. The Morgan fingerprint density at radius 1 is 0.769 bits per heavy atom. The molecule has 5 nitrogen and oxygen atoms in total. The molecule has 0 bridgehead atoms. The number of carbonyl (C=O) groups is 3. The first-order valence-corrected chi connectivity index (χ1v) is 13.2. The van der Waals surface area contributed by atoms with Gasteiger partial charge in [-0.1, -0.05) is 103 Å². The highest BCUT2D eigenvalue weighted by Crippen LogP contribution is 2.62. The molecule has 1 saturated heterocycles. The van der Waals surface area contributed by atoms with E-state index in [0.29, 0.717) is 16.8 Å². The van der Waals surface area contributed by atoms with Crippen LogP contribution in [-0.2, 0) is 10.2 Å². The average molecular weight is 511 g/mol. The van der Waals surface area contributed by atoms with Crippen LogP contribution in [0.3, 0.4) is 0 Å². The molecule has 5 heteroatoms. The maximum absolute atomic E-state index is 14.6. The smallest absolute Gasteiger partial charge is 0.238 e. The lowest BCUT2D eigenvalue weighted by atomic mass is 9.62. The zero-order chi connectivity index (χ0) is 26.7. The molecular formula is C34H26N2O3. The number of ketones is 2. The first-order chi connectivity index (χ1) is 19.0. The number of nitrogens with zero attached hydrogens (tertiary/aromatic N) is 1. The Morgan fingerprint density at radius 2 is 1.44 bits per heavy atom. The van der Waals surface area contributed by atoms with Gasteiger partial charge in [0.15, 0.2) is 11.6 Å². The van der Waals surface area contributed by atoms with Crippen molar-refractivity contribution < 1.29 is 14.4 Å². The van der Waals surface area contributed by atoms with Crippen molar-refractivity contribution in [3.63, 3.8) is 0 Å². The highest BCUT2D eigenvalue weighted by Gasteiger charge is 2.70. The number of rotatable bonds is 4. The van der Waals surface area contributed by atoms with E-state index in [2.05, 4.69) is 5.32 Å². The topological polar surface area (TPSA) is 66.5 Å². The summed E-state index contributed by atoms with van der Waals surface area (Å²) in [5.41, 5.74) is 4.08. The predicted octanol–water partition coefficient (Wildman–Crippen LogP) is 5.98. The lowest BCUT2D eigenvalue weighted by molar-refractivity contribution is -0.122. The fourth-order valence-electron chi connectivity index (χ4n) is 6.84. The maximum atomic E-state index is 14.6. The molecule has 190 valence electrons. The molecule has 0 saturated carbocycles. The van der Waals surface area contributed by atoms with Crippen molar-refractivity contribution in [3.8, 4) is 0 Å². The van der Waals surface area contributed by atoms with Gasteiger partial charge in [0.1, 0.15) is 11.5 Å². The summed E-state index contributed by atoms with van der Waals surface area (Å²) < 4.78 is 0. The fraction of sp³-hybridized carbons (Fsp3) is 0.147. The molecular weight excluding hydrogens is 484 g/mol. The molecule has 4 atom stereocenters. The number of benzene rings is 4. The second-order valence-corrected chi connectivity index (χ2v) is 10.5. The lowest BCUT2D eigenvalue weighted by Gasteiger charge is -2.38. The SMILES string of the molecule is Cc1ccc(C(=O)C2C(C(=O)c3ccccc3)C3(C(=O)Nc4ccccc43)C3c4ccccc4C=CN23)cc1. The molecule has 39 heavy (non-hydrogen) atoms. The third kappa shape index (κ3) is 3.23. The standard InChI is InChI=1S/C34H26N2O3/c1-21-15-17-24(18-16-21)31(38)29-28(30(37)23-10-3-2-4-11-23)34(26-13-7-8-14-27(26)35-33(34)39)32-25-12-6-5-9-22(25)19-20-36(29)32/h2-20,28-29,32H,1H3,(H,35,39). The predicted molar refractivity (Wildman–Crippen MR) is 150 cm³/mol. The van der Waals surface area contributed by atoms with Crippen molar-refractivity contribution in [3.05, 3.63) is 143 Å². The van der Waals surface area contributed by atoms with Gasteiger partial charge in [0.25, 0.3) is 0 Å². The Morgan fingerprint density at radius 3 is 2.23 bits per heavy atom. The van der Waals surface area contributed by atoms with Crippen LogP contribution in [0.4, 0.5) is 5.69 Å². The zero-order valence-electron chi connectivity index (χ0n) is 21.4. The number of carbonyl (C=O) groups excluding carboxylic acids is 3. The van der Waals surface area contributed by atoms with E-state index in [4.69, 9.17) is 0 Å². The molecule has 7 rings (SSSR count). The van der Waals surface area contributed by atoms with Crippen LogP contribution < -0.4 is 5.32 Å². The molecule has 4 aromatic rings. The molecule has 4 unspecified atom stereocenters. The first kappa shape index (κ1) is 23.4. The summed E-state index contributed by atoms with van der Waals surface area (Å²) in [7, 11) is 0. The van der Waals surface area contributed by atoms with E-state index < -0.39 is 23.4 Å². The molecule has 3 aliphatic rings. The van der Waals surface area contributed by atoms with Crippen molar-refractivity contribution in [1.29, 1.82) is 0 Å². The van der Waals surface area contributed by atoms with Crippen molar-refractivity contribution in [2.24, 2.45) is 5.92 Å². The van der Waals surface area contributed by atoms with Gasteiger partial charge < -0.3 is 10.2 Å². The monoisotopic (exact) mass is 510 g/mol. The van der Waals surface area contributed by atoms with Crippen LogP contribution in [0.1, 0.15) is 49.0 Å². The number of anilines is 1. The molecule has 0 aliphatic carbocycles. The number of nitrogens with one attached hydrogen (secondary N) is 1. The van der Waals surface area contributed by atoms with Crippen LogP contribution in [0.2, 0.25) is 0 Å². The van der Waals surface area contributed by atoms with E-state index in [1.165, 1.54) is 0 Å². The van der Waals surface area contributed by atoms with Gasteiger partial charge in [-0.2, -0.15) is 0 Å². The van der Waals surface area contributed by atoms with E-state index in [0.717, 1.165) is 22.3 Å². The Bertz CT molecular complexity index is 1670. The van der Waals surface area contributed by atoms with Crippen LogP contribution in [-0.4, -0.2) is 28.4 Å². The molecule has 1 amide bonds. The van der Waals surface area contributed by atoms with E-state index in [1.54, 1.807) is 12.1 Å². The Hall–Kier alpha value is -4.77. The third-order valence-corrected chi connectivity index (χ3v) is 8.52. The van der Waals surface area contributed by atoms with E-state index in [9.17, 15) is 14.4 Å². The van der Waals surface area contributed by atoms with Crippen LogP contribution in [0, 0.1) is 12.8 Å². The van der Waals surface area contributed by atoms with Crippen molar-refractivity contribution >= 4 is 29.2 Å². The number of Topliss-reactive ketones (excluding diaryl/α,β-unsaturated/α-hetero) is 2. The van der Waals surface area contributed by atoms with Gasteiger partial charge in [0, 0.05) is 23.0 Å². The van der Waals surface area contributed by atoms with Crippen molar-refractivity contribution in [2.75, 3.05) is 5.32 Å². The summed E-state index contributed by atoms with van der Waals surface area (Å²) in [5.74, 6) is -1.60. The highest BCUT2D eigenvalue weighted by atomic mass is 16.2. The Balaban J connectivity index is 1.54. The minimum Gasteiger partial charge on any atom is -0.358 e. The van der Waals surface area contributed by atoms with Crippen LogP contribution in [0.15, 0.2) is 109 Å². The number of para-hydroxylation sites is 1. The molecule has 4 aromatic carbocycles. The number of fused-ring (bicyclic) bond motifs is 6. The number of hydrogen-bond acceptors (Lipinski definition) is 4. The summed E-state index contributed by atoms with van der Waals surface area (Å²) in [4.78, 5) is 45.5. The molecule has 3 heterocycles. The lowest BCUT2D eigenvalue weighted by Crippen LogP contribution is -2.49. The van der Waals surface area contributed by atoms with E-state index in [1.807, 2.05) is 115 Å². The Labute approximate surface area is 226 Å². The summed E-state index contributed by atoms with van der Waals surface area (Å²) in [6.45, 7) is 1.97. The zero-order valence-corrected chi connectivity index (χ0v) is 21.4. The van der Waals surface area contributed by atoms with E-state index in [-0.39, 0.29) is 17.5 Å². The largest absolute Gasteiger partial charge is 0.358 e. The molecule has 1 spiro atoms. The normalized spacial score (nSPS) is 24.2. The van der Waals surface area contributed by atoms with E-state index >= 15 is 0 Å². The van der Waals surface area contributed by atoms with Gasteiger partial charge in [-0.15, -0.1) is 0 Å². The van der Waals surface area contributed by atoms with Crippen LogP contribution >= 0.6 is 0 Å². The highest BCUT2D eigenvalue weighted by molar-refractivity contribution is 6.16. The summed E-state index contributed by atoms with van der Waals surface area (Å²) in [5, 5.41) is 3.08. The number of amides is 1. The number of hydrogen-bond donors (Lipinski definition) is 1. The van der Waals surface area contributed by atoms with Gasteiger partial charge in [-0.05, 0) is 35.8 Å². The molecule has 0 aromatic heterocycles. The second kappa shape index (κ2) is 8.63. The van der Waals surface area contributed by atoms with Crippen molar-refractivity contribution in [1.82, 2.24) is 4.90 Å². The fourth-order valence-corrected chi connectivity index (χ4v) is 6.84. The summed E-state index contributed by atoms with van der Waals surface area (Å²) in [6, 6.07) is 30.5. The van der Waals surface area contributed by atoms with Gasteiger partial charge in [0.05, 0.1) is 12.0 Å². The minimum absolute atomic E-state index is 0.174. The molecule has 1 N–H and O–H groups in total. The summed E-state index contributed by atoms with van der Waals surface area (Å²) >= 11 is 0. The van der Waals surface area contributed by atoms with Gasteiger partial charge >= 0.3 is 0 Å². The minimum atomic E-state index is -1.31. The quantitative estimate of drug-likeness (QED) is 0.343. The van der Waals surface area contributed by atoms with Gasteiger partial charge in [-0.25, -0.2) is 0 Å². The number of aryl methyl sites for hydroxylation is 1. The molecule has 1 fully saturated rings. The average Bonchev–Trinajstić information content (AvgIpc) is 3.45. The van der Waals surface area contributed by atoms with Gasteiger partial charge in [0.2, 0.25) is 5.91 Å². The maximum Gasteiger partial charge on any atom is 0.238 e.